The van der Waals surface area contributed by atoms with Crippen LogP contribution >= 0.6 is 24.8 Å². The van der Waals surface area contributed by atoms with E-state index in [1.165, 1.54) is 0 Å². The quantitative estimate of drug-likeness (QED) is 0.734. The highest BCUT2D eigenvalue weighted by atomic mass is 35.5. The number of pyridine rings is 1. The summed E-state index contributed by atoms with van der Waals surface area (Å²) in [5, 5.41) is 6.17. The van der Waals surface area contributed by atoms with Gasteiger partial charge in [0.25, 0.3) is 5.91 Å². The average molecular weight is 438 g/mol. The van der Waals surface area contributed by atoms with Crippen molar-refractivity contribution in [3.05, 3.63) is 53.7 Å². The van der Waals surface area contributed by atoms with Gasteiger partial charge < -0.3 is 15.4 Å². The zero-order valence-corrected chi connectivity index (χ0v) is 16.3. The number of nitrogens with one attached hydrogen (secondary N) is 2. The van der Waals surface area contributed by atoms with Gasteiger partial charge in [0, 0.05) is 30.4 Å². The molecular formula is C18H20Cl2F3N3O2. The first kappa shape index (κ1) is 24.0. The molecule has 5 nitrogen and oxygen atoms in total. The molecule has 2 aromatic rings. The van der Waals surface area contributed by atoms with Crippen LogP contribution in [0.15, 0.2) is 42.6 Å². The van der Waals surface area contributed by atoms with Crippen LogP contribution in [0.4, 0.5) is 13.2 Å². The summed E-state index contributed by atoms with van der Waals surface area (Å²) in [6.07, 6.45) is -1.56. The number of rotatable bonds is 5. The van der Waals surface area contributed by atoms with Crippen LogP contribution in [0.1, 0.15) is 28.8 Å². The monoisotopic (exact) mass is 437 g/mol. The van der Waals surface area contributed by atoms with Gasteiger partial charge in [-0.1, -0.05) is 0 Å². The third kappa shape index (κ3) is 6.54. The summed E-state index contributed by atoms with van der Waals surface area (Å²) >= 11 is 0. The molecule has 1 unspecified atom stereocenters. The minimum atomic E-state index is -4.44. The number of benzene rings is 1. The molecule has 1 fully saturated rings. The van der Waals surface area contributed by atoms with Gasteiger partial charge in [-0.2, -0.15) is 13.2 Å². The third-order valence-electron chi connectivity index (χ3n) is 4.07. The number of nitrogens with zero attached hydrogens (tertiary/aromatic N) is 1. The van der Waals surface area contributed by atoms with Crippen molar-refractivity contribution in [2.45, 2.75) is 25.1 Å². The molecule has 0 radical (unpaired) electrons. The highest BCUT2D eigenvalue weighted by Gasteiger charge is 2.30. The van der Waals surface area contributed by atoms with Gasteiger partial charge in [-0.15, -0.1) is 24.8 Å². The van der Waals surface area contributed by atoms with Gasteiger partial charge in [-0.25, -0.2) is 4.98 Å². The number of carbonyl (C=O) groups is 1. The summed E-state index contributed by atoms with van der Waals surface area (Å²) < 4.78 is 42.9. The van der Waals surface area contributed by atoms with Crippen LogP contribution in [0.5, 0.6) is 11.6 Å². The fourth-order valence-corrected chi connectivity index (χ4v) is 2.65. The van der Waals surface area contributed by atoms with Crippen LogP contribution < -0.4 is 15.4 Å². The standard InChI is InChI=1S/C18H18F3N3O2.2ClH/c19-18(20,21)13-5-8-16(23-10-13)26-15-6-3-12(4-7-15)17(25)24-11-14-2-1-9-22-14;;/h3-8,10,14,22H,1-2,9,11H2,(H,24,25);2*1H. The fraction of sp³-hybridized carbons (Fsp3) is 0.333. The van der Waals surface area contributed by atoms with E-state index in [0.29, 0.717) is 30.1 Å². The minimum Gasteiger partial charge on any atom is -0.439 e. The van der Waals surface area contributed by atoms with E-state index in [4.69, 9.17) is 4.74 Å². The molecule has 1 aromatic carbocycles. The Balaban J connectivity index is 0.00000196. The molecule has 1 saturated heterocycles. The number of amides is 1. The Bertz CT molecular complexity index is 750. The lowest BCUT2D eigenvalue weighted by Crippen LogP contribution is -2.37. The molecule has 2 heterocycles. The summed E-state index contributed by atoms with van der Waals surface area (Å²) in [6, 6.07) is 8.70. The second-order valence-electron chi connectivity index (χ2n) is 6.01. The fourth-order valence-electron chi connectivity index (χ4n) is 2.65. The van der Waals surface area contributed by atoms with Crippen molar-refractivity contribution in [3.63, 3.8) is 0 Å². The number of aromatic nitrogens is 1. The summed E-state index contributed by atoms with van der Waals surface area (Å²) in [5.41, 5.74) is -0.357. The lowest BCUT2D eigenvalue weighted by atomic mass is 10.2. The SMILES string of the molecule is Cl.Cl.O=C(NCC1CCCN1)c1ccc(Oc2ccc(C(F)(F)F)cn2)cc1. The molecule has 10 heteroatoms. The molecule has 1 aliphatic heterocycles. The van der Waals surface area contributed by atoms with Crippen LogP contribution in [0.3, 0.4) is 0 Å². The molecule has 1 amide bonds. The van der Waals surface area contributed by atoms with Crippen molar-refractivity contribution >= 4 is 30.7 Å². The molecular weight excluding hydrogens is 418 g/mol. The predicted molar refractivity (Wildman–Crippen MR) is 104 cm³/mol. The largest absolute Gasteiger partial charge is 0.439 e. The highest BCUT2D eigenvalue weighted by molar-refractivity contribution is 5.94. The van der Waals surface area contributed by atoms with Crippen LogP contribution in [0.2, 0.25) is 0 Å². The number of carbonyl (C=O) groups excluding carboxylic acids is 1. The molecule has 3 rings (SSSR count). The number of hydrogen-bond acceptors (Lipinski definition) is 4. The number of halogens is 5. The second kappa shape index (κ2) is 10.5. The minimum absolute atomic E-state index is 0. The van der Waals surface area contributed by atoms with E-state index in [-0.39, 0.29) is 36.6 Å². The summed E-state index contributed by atoms with van der Waals surface area (Å²) in [4.78, 5) is 15.7. The molecule has 1 aliphatic rings. The molecule has 0 aliphatic carbocycles. The van der Waals surface area contributed by atoms with Gasteiger partial charge >= 0.3 is 6.18 Å². The number of hydrogen-bond donors (Lipinski definition) is 2. The third-order valence-corrected chi connectivity index (χ3v) is 4.07. The van der Waals surface area contributed by atoms with Crippen molar-refractivity contribution in [1.82, 2.24) is 15.6 Å². The second-order valence-corrected chi connectivity index (χ2v) is 6.01. The van der Waals surface area contributed by atoms with Gasteiger partial charge in [0.05, 0.1) is 5.56 Å². The van der Waals surface area contributed by atoms with Crippen molar-refractivity contribution in [2.24, 2.45) is 0 Å². The van der Waals surface area contributed by atoms with Crippen molar-refractivity contribution in [2.75, 3.05) is 13.1 Å². The Morgan fingerprint density at radius 1 is 1.18 bits per heavy atom. The Labute approximate surface area is 172 Å². The van der Waals surface area contributed by atoms with Gasteiger partial charge in [0.2, 0.25) is 5.88 Å². The van der Waals surface area contributed by atoms with E-state index in [2.05, 4.69) is 15.6 Å². The topological polar surface area (TPSA) is 63.2 Å². The molecule has 1 atom stereocenters. The molecule has 0 saturated carbocycles. The maximum atomic E-state index is 12.5. The first-order valence-electron chi connectivity index (χ1n) is 8.24. The Morgan fingerprint density at radius 2 is 1.89 bits per heavy atom. The van der Waals surface area contributed by atoms with Crippen LogP contribution in [-0.2, 0) is 6.18 Å². The number of ether oxygens (including phenoxy) is 1. The molecule has 1 aromatic heterocycles. The maximum absolute atomic E-state index is 12.5. The highest BCUT2D eigenvalue weighted by Crippen LogP contribution is 2.30. The van der Waals surface area contributed by atoms with E-state index >= 15 is 0 Å². The lowest BCUT2D eigenvalue weighted by Gasteiger charge is -2.12. The van der Waals surface area contributed by atoms with Crippen molar-refractivity contribution < 1.29 is 22.7 Å². The average Bonchev–Trinajstić information content (AvgIpc) is 3.13. The summed E-state index contributed by atoms with van der Waals surface area (Å²) in [7, 11) is 0. The molecule has 28 heavy (non-hydrogen) atoms. The summed E-state index contributed by atoms with van der Waals surface area (Å²) in [5.74, 6) is 0.242. The van der Waals surface area contributed by atoms with Crippen molar-refractivity contribution in [3.8, 4) is 11.6 Å². The van der Waals surface area contributed by atoms with E-state index in [9.17, 15) is 18.0 Å². The predicted octanol–water partition coefficient (Wildman–Crippen LogP) is 4.22. The van der Waals surface area contributed by atoms with Crippen molar-refractivity contribution in [1.29, 1.82) is 0 Å². The Hall–Kier alpha value is -2.03. The maximum Gasteiger partial charge on any atom is 0.417 e. The van der Waals surface area contributed by atoms with Crippen LogP contribution in [0, 0.1) is 0 Å². The summed E-state index contributed by atoms with van der Waals surface area (Å²) in [6.45, 7) is 1.55. The zero-order valence-electron chi connectivity index (χ0n) is 14.7. The van der Waals surface area contributed by atoms with Gasteiger partial charge in [-0.05, 0) is 49.7 Å². The van der Waals surface area contributed by atoms with Crippen LogP contribution in [-0.4, -0.2) is 30.0 Å². The Kier molecular flexibility index (Phi) is 9.00. The van der Waals surface area contributed by atoms with Gasteiger partial charge in [0.1, 0.15) is 5.75 Å². The normalized spacial score (nSPS) is 15.9. The van der Waals surface area contributed by atoms with Crippen LogP contribution in [0.25, 0.3) is 0 Å². The zero-order chi connectivity index (χ0) is 18.6. The van der Waals surface area contributed by atoms with E-state index < -0.39 is 11.7 Å². The van der Waals surface area contributed by atoms with E-state index in [0.717, 1.165) is 31.5 Å². The molecule has 0 spiro atoms. The first-order valence-corrected chi connectivity index (χ1v) is 8.24. The van der Waals surface area contributed by atoms with E-state index in [1.54, 1.807) is 24.3 Å². The van der Waals surface area contributed by atoms with E-state index in [1.807, 2.05) is 0 Å². The Morgan fingerprint density at radius 3 is 2.43 bits per heavy atom. The van der Waals surface area contributed by atoms with Gasteiger partial charge in [0.15, 0.2) is 0 Å². The smallest absolute Gasteiger partial charge is 0.417 e. The molecule has 0 bridgehead atoms. The first-order chi connectivity index (χ1) is 12.4. The number of alkyl halides is 3. The molecule has 154 valence electrons. The lowest BCUT2D eigenvalue weighted by molar-refractivity contribution is -0.137. The van der Waals surface area contributed by atoms with Gasteiger partial charge in [-0.3, -0.25) is 4.79 Å². The molecule has 2 N–H and O–H groups in total.